The molecule has 0 amide bonds. The molecule has 0 radical (unpaired) electrons. The molecule has 0 bridgehead atoms. The lowest BCUT2D eigenvalue weighted by atomic mass is 10.1. The van der Waals surface area contributed by atoms with Crippen molar-refractivity contribution in [1.82, 2.24) is 0 Å². The molecule has 98 valence electrons. The molecule has 0 aromatic heterocycles. The van der Waals surface area contributed by atoms with E-state index in [9.17, 15) is 13.6 Å². The minimum Gasteiger partial charge on any atom is -0.461 e. The van der Waals surface area contributed by atoms with E-state index in [0.29, 0.717) is 11.1 Å². The average molecular weight is 262 g/mol. The molecule has 0 aliphatic heterocycles. The van der Waals surface area contributed by atoms with Crippen molar-refractivity contribution in [1.29, 1.82) is 0 Å². The summed E-state index contributed by atoms with van der Waals surface area (Å²) < 4.78 is 30.6. The van der Waals surface area contributed by atoms with Crippen LogP contribution in [-0.4, -0.2) is 5.97 Å². The second-order valence-electron chi connectivity index (χ2n) is 4.09. The molecule has 2 rings (SSSR count). The summed E-state index contributed by atoms with van der Waals surface area (Å²) in [4.78, 5) is 11.5. The van der Waals surface area contributed by atoms with Gasteiger partial charge in [-0.1, -0.05) is 24.3 Å². The van der Waals surface area contributed by atoms with E-state index in [-0.39, 0.29) is 24.7 Å². The van der Waals surface area contributed by atoms with Crippen molar-refractivity contribution in [3.05, 3.63) is 71.3 Å². The predicted octanol–water partition coefficient (Wildman–Crippen LogP) is 3.25. The molecule has 2 aromatic carbocycles. The highest BCUT2D eigenvalue weighted by molar-refractivity contribution is 5.72. The second-order valence-corrected chi connectivity index (χ2v) is 4.09. The van der Waals surface area contributed by atoms with E-state index < -0.39 is 5.97 Å². The Labute approximate surface area is 109 Å². The standard InChI is InChI=1S/C15H12F2O2/c16-13-6-4-11(5-7-13)9-15(18)19-10-12-2-1-3-14(17)8-12/h1-8H,9-10H2. The van der Waals surface area contributed by atoms with Gasteiger partial charge in [0.2, 0.25) is 0 Å². The van der Waals surface area contributed by atoms with Crippen molar-refractivity contribution in [2.45, 2.75) is 13.0 Å². The maximum Gasteiger partial charge on any atom is 0.310 e. The first-order chi connectivity index (χ1) is 9.13. The SMILES string of the molecule is O=C(Cc1ccc(F)cc1)OCc1cccc(F)c1. The van der Waals surface area contributed by atoms with E-state index >= 15 is 0 Å². The van der Waals surface area contributed by atoms with E-state index in [1.165, 1.54) is 36.4 Å². The molecule has 2 aromatic rings. The van der Waals surface area contributed by atoms with E-state index in [2.05, 4.69) is 0 Å². The van der Waals surface area contributed by atoms with Gasteiger partial charge in [-0.25, -0.2) is 8.78 Å². The molecule has 0 saturated heterocycles. The molecule has 0 atom stereocenters. The van der Waals surface area contributed by atoms with Crippen LogP contribution in [0.5, 0.6) is 0 Å². The fourth-order valence-electron chi connectivity index (χ4n) is 1.61. The lowest BCUT2D eigenvalue weighted by molar-refractivity contribution is -0.144. The summed E-state index contributed by atoms with van der Waals surface area (Å²) in [5.41, 5.74) is 1.26. The minimum absolute atomic E-state index is 0.0256. The zero-order valence-corrected chi connectivity index (χ0v) is 10.1. The summed E-state index contributed by atoms with van der Waals surface area (Å²) in [5, 5.41) is 0. The zero-order chi connectivity index (χ0) is 13.7. The van der Waals surface area contributed by atoms with E-state index in [4.69, 9.17) is 4.74 Å². The smallest absolute Gasteiger partial charge is 0.310 e. The van der Waals surface area contributed by atoms with Crippen LogP contribution >= 0.6 is 0 Å². The van der Waals surface area contributed by atoms with Crippen LogP contribution in [0.2, 0.25) is 0 Å². The molecular weight excluding hydrogens is 250 g/mol. The van der Waals surface area contributed by atoms with Gasteiger partial charge >= 0.3 is 5.97 Å². The quantitative estimate of drug-likeness (QED) is 0.791. The van der Waals surface area contributed by atoms with Gasteiger partial charge < -0.3 is 4.74 Å². The first kappa shape index (κ1) is 13.2. The summed E-state index contributed by atoms with van der Waals surface area (Å²) in [5.74, 6) is -1.15. The van der Waals surface area contributed by atoms with Crippen molar-refractivity contribution in [2.24, 2.45) is 0 Å². The number of benzene rings is 2. The first-order valence-electron chi connectivity index (χ1n) is 5.78. The predicted molar refractivity (Wildman–Crippen MR) is 66.3 cm³/mol. The molecule has 0 aliphatic rings. The summed E-state index contributed by atoms with van der Waals surface area (Å²) in [7, 11) is 0. The molecule has 0 unspecified atom stereocenters. The number of ether oxygens (including phenoxy) is 1. The molecule has 0 N–H and O–H groups in total. The summed E-state index contributed by atoms with van der Waals surface area (Å²) in [6.07, 6.45) is 0.0651. The van der Waals surface area contributed by atoms with Gasteiger partial charge in [0.15, 0.2) is 0 Å². The van der Waals surface area contributed by atoms with Crippen LogP contribution in [0.4, 0.5) is 8.78 Å². The lowest BCUT2D eigenvalue weighted by Crippen LogP contribution is -2.08. The van der Waals surface area contributed by atoms with E-state index in [1.54, 1.807) is 12.1 Å². The Morgan fingerprint density at radius 2 is 1.68 bits per heavy atom. The normalized spacial score (nSPS) is 10.2. The highest BCUT2D eigenvalue weighted by Crippen LogP contribution is 2.07. The summed E-state index contributed by atoms with van der Waals surface area (Å²) in [6, 6.07) is 11.5. The van der Waals surface area contributed by atoms with Crippen LogP contribution in [0, 0.1) is 11.6 Å². The van der Waals surface area contributed by atoms with E-state index in [0.717, 1.165) is 0 Å². The summed E-state index contributed by atoms with van der Waals surface area (Å²) in [6.45, 7) is 0.0256. The average Bonchev–Trinajstić information content (AvgIpc) is 2.39. The van der Waals surface area contributed by atoms with Gasteiger partial charge in [0.1, 0.15) is 18.2 Å². The molecular formula is C15H12F2O2. The third kappa shape index (κ3) is 4.17. The molecule has 0 saturated carbocycles. The number of hydrogen-bond acceptors (Lipinski definition) is 2. The number of carbonyl (C=O) groups is 1. The van der Waals surface area contributed by atoms with Crippen LogP contribution < -0.4 is 0 Å². The van der Waals surface area contributed by atoms with Crippen molar-refractivity contribution in [2.75, 3.05) is 0 Å². The Kier molecular flexibility index (Phi) is 4.23. The molecule has 0 heterocycles. The van der Waals surface area contributed by atoms with Gasteiger partial charge in [0, 0.05) is 0 Å². The largest absolute Gasteiger partial charge is 0.461 e. The van der Waals surface area contributed by atoms with Crippen molar-refractivity contribution < 1.29 is 18.3 Å². The van der Waals surface area contributed by atoms with Crippen molar-refractivity contribution >= 4 is 5.97 Å². The third-order valence-electron chi connectivity index (χ3n) is 2.55. The van der Waals surface area contributed by atoms with Gasteiger partial charge in [-0.05, 0) is 35.4 Å². The van der Waals surface area contributed by atoms with Gasteiger partial charge in [0.05, 0.1) is 6.42 Å². The molecule has 4 heteroatoms. The first-order valence-corrected chi connectivity index (χ1v) is 5.78. The maximum atomic E-state index is 12.9. The number of rotatable bonds is 4. The second kappa shape index (κ2) is 6.09. The summed E-state index contributed by atoms with van der Waals surface area (Å²) >= 11 is 0. The third-order valence-corrected chi connectivity index (χ3v) is 2.55. The van der Waals surface area contributed by atoms with Crippen LogP contribution in [0.3, 0.4) is 0 Å². The number of hydrogen-bond donors (Lipinski definition) is 0. The topological polar surface area (TPSA) is 26.3 Å². The lowest BCUT2D eigenvalue weighted by Gasteiger charge is -2.05. The van der Waals surface area contributed by atoms with Crippen LogP contribution in [-0.2, 0) is 22.6 Å². The molecule has 0 fully saturated rings. The van der Waals surface area contributed by atoms with Crippen LogP contribution in [0.15, 0.2) is 48.5 Å². The Balaban J connectivity index is 1.86. The van der Waals surface area contributed by atoms with Crippen molar-refractivity contribution in [3.63, 3.8) is 0 Å². The van der Waals surface area contributed by atoms with Gasteiger partial charge in [-0.3, -0.25) is 4.79 Å². The van der Waals surface area contributed by atoms with Gasteiger partial charge in [-0.2, -0.15) is 0 Å². The fraction of sp³-hybridized carbons (Fsp3) is 0.133. The Morgan fingerprint density at radius 1 is 0.947 bits per heavy atom. The highest BCUT2D eigenvalue weighted by Gasteiger charge is 2.06. The number of halogens is 2. The Hall–Kier alpha value is -2.23. The maximum absolute atomic E-state index is 12.9. The number of esters is 1. The van der Waals surface area contributed by atoms with Gasteiger partial charge in [0.25, 0.3) is 0 Å². The molecule has 0 aliphatic carbocycles. The fourth-order valence-corrected chi connectivity index (χ4v) is 1.61. The molecule has 2 nitrogen and oxygen atoms in total. The Morgan fingerprint density at radius 3 is 2.37 bits per heavy atom. The van der Waals surface area contributed by atoms with Crippen LogP contribution in [0.25, 0.3) is 0 Å². The van der Waals surface area contributed by atoms with E-state index in [1.807, 2.05) is 0 Å². The monoisotopic (exact) mass is 262 g/mol. The minimum atomic E-state index is -0.434. The molecule has 19 heavy (non-hydrogen) atoms. The van der Waals surface area contributed by atoms with Crippen molar-refractivity contribution in [3.8, 4) is 0 Å². The van der Waals surface area contributed by atoms with Crippen LogP contribution in [0.1, 0.15) is 11.1 Å². The van der Waals surface area contributed by atoms with Gasteiger partial charge in [-0.15, -0.1) is 0 Å². The Bertz CT molecular complexity index is 565. The zero-order valence-electron chi connectivity index (χ0n) is 10.1. The highest BCUT2D eigenvalue weighted by atomic mass is 19.1. The number of carbonyl (C=O) groups excluding carboxylic acids is 1. The molecule has 0 spiro atoms.